The maximum absolute atomic E-state index is 6.14. The van der Waals surface area contributed by atoms with Gasteiger partial charge in [-0.3, -0.25) is 0 Å². The van der Waals surface area contributed by atoms with E-state index in [0.717, 1.165) is 57.3 Å². The number of rotatable bonds is 18. The van der Waals surface area contributed by atoms with Gasteiger partial charge >= 0.3 is 0 Å². The number of benzene rings is 7. The first kappa shape index (κ1) is 41.9. The van der Waals surface area contributed by atoms with Crippen molar-refractivity contribution in [1.82, 2.24) is 0 Å². The van der Waals surface area contributed by atoms with Crippen LogP contribution in [0.4, 0.5) is 0 Å². The molecular weight excluding hydrogens is 737 g/mol. The molecular formula is C56H58O4. The number of ether oxygens (including phenoxy) is 4. The third kappa shape index (κ3) is 9.29. The molecule has 0 spiro atoms. The zero-order valence-electron chi connectivity index (χ0n) is 36.1. The van der Waals surface area contributed by atoms with Gasteiger partial charge in [0.25, 0.3) is 0 Å². The van der Waals surface area contributed by atoms with Gasteiger partial charge in [-0.1, -0.05) is 185 Å². The van der Waals surface area contributed by atoms with Crippen molar-refractivity contribution in [3.05, 3.63) is 157 Å². The molecule has 0 fully saturated rings. The summed E-state index contributed by atoms with van der Waals surface area (Å²) in [5.74, 6) is 2.30. The number of aryl methyl sites for hydroxylation is 2. The normalized spacial score (nSPS) is 11.0. The first-order chi connectivity index (χ1) is 29.5. The topological polar surface area (TPSA) is 36.9 Å². The van der Waals surface area contributed by atoms with E-state index in [-0.39, 0.29) is 0 Å². The SMILES string of the molecule is CCCCCc1ccc(-c2ccc(-c3ccc(-c4c(OC)c(OC)c(-c5ccc(-c6ccc(-c7ccc(CCCCC)cc7)cc6)cc5)c(OC)c4OC)cc3)cc2)cc1. The van der Waals surface area contributed by atoms with Crippen LogP contribution < -0.4 is 18.9 Å². The molecule has 7 aromatic carbocycles. The van der Waals surface area contributed by atoms with E-state index in [1.54, 1.807) is 28.4 Å². The molecule has 0 N–H and O–H groups in total. The number of hydrogen-bond acceptors (Lipinski definition) is 4. The van der Waals surface area contributed by atoms with E-state index in [0.29, 0.717) is 23.0 Å². The molecule has 4 nitrogen and oxygen atoms in total. The summed E-state index contributed by atoms with van der Waals surface area (Å²) in [6, 6.07) is 52.5. The second-order valence-corrected chi connectivity index (χ2v) is 15.5. The van der Waals surface area contributed by atoms with Crippen molar-refractivity contribution in [2.75, 3.05) is 28.4 Å². The first-order valence-electron chi connectivity index (χ1n) is 21.5. The Morgan fingerprint density at radius 1 is 0.267 bits per heavy atom. The lowest BCUT2D eigenvalue weighted by atomic mass is 9.92. The van der Waals surface area contributed by atoms with Crippen LogP contribution in [0.15, 0.2) is 146 Å². The maximum Gasteiger partial charge on any atom is 0.173 e. The summed E-state index contributed by atoms with van der Waals surface area (Å²) < 4.78 is 24.5. The number of unbranched alkanes of at least 4 members (excludes halogenated alkanes) is 4. The van der Waals surface area contributed by atoms with Crippen LogP contribution in [0, 0.1) is 0 Å². The Labute approximate surface area is 357 Å². The Balaban J connectivity index is 1.12. The van der Waals surface area contributed by atoms with Crippen LogP contribution in [0.25, 0.3) is 66.8 Å². The van der Waals surface area contributed by atoms with Crippen LogP contribution in [0.5, 0.6) is 23.0 Å². The van der Waals surface area contributed by atoms with E-state index < -0.39 is 0 Å². The van der Waals surface area contributed by atoms with E-state index in [9.17, 15) is 0 Å². The number of hydrogen-bond donors (Lipinski definition) is 0. The van der Waals surface area contributed by atoms with Gasteiger partial charge in [0, 0.05) is 0 Å². The monoisotopic (exact) mass is 794 g/mol. The predicted octanol–water partition coefficient (Wildman–Crippen LogP) is 15.2. The Morgan fingerprint density at radius 2 is 0.467 bits per heavy atom. The average Bonchev–Trinajstić information content (AvgIpc) is 3.31. The molecule has 0 amide bonds. The fourth-order valence-corrected chi connectivity index (χ4v) is 8.22. The van der Waals surface area contributed by atoms with Gasteiger partial charge in [-0.05, 0) is 92.4 Å². The van der Waals surface area contributed by atoms with Crippen molar-refractivity contribution in [3.8, 4) is 89.8 Å². The third-order valence-electron chi connectivity index (χ3n) is 11.6. The smallest absolute Gasteiger partial charge is 0.173 e. The lowest BCUT2D eigenvalue weighted by Crippen LogP contribution is -2.03. The highest BCUT2D eigenvalue weighted by atomic mass is 16.5. The number of methoxy groups -OCH3 is 4. The molecule has 0 saturated carbocycles. The molecule has 0 aliphatic heterocycles. The molecule has 0 aliphatic carbocycles. The Kier molecular flexibility index (Phi) is 14.1. The third-order valence-corrected chi connectivity index (χ3v) is 11.6. The molecule has 0 aliphatic rings. The van der Waals surface area contributed by atoms with Gasteiger partial charge in [0.05, 0.1) is 39.6 Å². The van der Waals surface area contributed by atoms with E-state index in [4.69, 9.17) is 18.9 Å². The molecule has 306 valence electrons. The molecule has 7 rings (SSSR count). The van der Waals surface area contributed by atoms with E-state index >= 15 is 0 Å². The van der Waals surface area contributed by atoms with Gasteiger partial charge in [0.15, 0.2) is 23.0 Å². The first-order valence-corrected chi connectivity index (χ1v) is 21.5. The van der Waals surface area contributed by atoms with Crippen LogP contribution in [0.1, 0.15) is 63.5 Å². The Bertz CT molecular complexity index is 2220. The van der Waals surface area contributed by atoms with Gasteiger partial charge in [-0.15, -0.1) is 0 Å². The fourth-order valence-electron chi connectivity index (χ4n) is 8.22. The van der Waals surface area contributed by atoms with Crippen molar-refractivity contribution in [2.24, 2.45) is 0 Å². The highest BCUT2D eigenvalue weighted by Crippen LogP contribution is 2.57. The van der Waals surface area contributed by atoms with Crippen molar-refractivity contribution in [1.29, 1.82) is 0 Å². The second kappa shape index (κ2) is 20.1. The van der Waals surface area contributed by atoms with Crippen LogP contribution in [-0.4, -0.2) is 28.4 Å². The zero-order valence-corrected chi connectivity index (χ0v) is 36.1. The van der Waals surface area contributed by atoms with Crippen molar-refractivity contribution < 1.29 is 18.9 Å². The largest absolute Gasteiger partial charge is 0.492 e. The lowest BCUT2D eigenvalue weighted by molar-refractivity contribution is 0.333. The van der Waals surface area contributed by atoms with Crippen molar-refractivity contribution in [2.45, 2.75) is 65.2 Å². The van der Waals surface area contributed by atoms with Crippen LogP contribution >= 0.6 is 0 Å². The summed E-state index contributed by atoms with van der Waals surface area (Å²) in [5.41, 5.74) is 15.6. The molecule has 4 heteroatoms. The summed E-state index contributed by atoms with van der Waals surface area (Å²) in [6.07, 6.45) is 9.83. The summed E-state index contributed by atoms with van der Waals surface area (Å²) in [5, 5.41) is 0. The average molecular weight is 795 g/mol. The molecule has 0 saturated heterocycles. The Morgan fingerprint density at radius 3 is 0.667 bits per heavy atom. The van der Waals surface area contributed by atoms with E-state index in [1.807, 2.05) is 0 Å². The molecule has 0 radical (unpaired) electrons. The highest BCUT2D eigenvalue weighted by Gasteiger charge is 2.29. The molecule has 0 unspecified atom stereocenters. The minimum absolute atomic E-state index is 0.576. The van der Waals surface area contributed by atoms with Gasteiger partial charge < -0.3 is 18.9 Å². The van der Waals surface area contributed by atoms with Crippen LogP contribution in [0.3, 0.4) is 0 Å². The van der Waals surface area contributed by atoms with Gasteiger partial charge in [0.2, 0.25) is 0 Å². The summed E-state index contributed by atoms with van der Waals surface area (Å²) in [4.78, 5) is 0. The summed E-state index contributed by atoms with van der Waals surface area (Å²) in [6.45, 7) is 4.50. The second-order valence-electron chi connectivity index (χ2n) is 15.5. The molecule has 0 heterocycles. The van der Waals surface area contributed by atoms with E-state index in [1.165, 1.54) is 71.9 Å². The fraction of sp³-hybridized carbons (Fsp3) is 0.250. The molecule has 7 aromatic rings. The molecule has 0 atom stereocenters. The maximum atomic E-state index is 6.14. The Hall–Kier alpha value is -6.26. The summed E-state index contributed by atoms with van der Waals surface area (Å²) >= 11 is 0. The standard InChI is InChI=1S/C56H58O4/c1-7-9-11-13-39-15-19-41(20-16-39)43-23-27-45(28-24-43)47-31-35-49(36-32-47)51-53(57-3)55(59-5)52(56(60-6)54(51)58-4)50-37-33-48(34-38-50)46-29-25-44(26-30-46)42-21-17-40(18-22-42)14-12-10-8-2/h15-38H,7-14H2,1-6H3. The zero-order chi connectivity index (χ0) is 41.8. The van der Waals surface area contributed by atoms with Crippen molar-refractivity contribution >= 4 is 0 Å². The minimum Gasteiger partial charge on any atom is -0.492 e. The van der Waals surface area contributed by atoms with Crippen molar-refractivity contribution in [3.63, 3.8) is 0 Å². The molecule has 60 heavy (non-hydrogen) atoms. The van der Waals surface area contributed by atoms with Crippen LogP contribution in [0.2, 0.25) is 0 Å². The highest BCUT2D eigenvalue weighted by molar-refractivity contribution is 5.94. The minimum atomic E-state index is 0.576. The quantitative estimate of drug-likeness (QED) is 0.0811. The summed E-state index contributed by atoms with van der Waals surface area (Å²) in [7, 11) is 6.67. The van der Waals surface area contributed by atoms with Crippen LogP contribution in [-0.2, 0) is 12.8 Å². The molecule has 0 bridgehead atoms. The van der Waals surface area contributed by atoms with Gasteiger partial charge in [-0.2, -0.15) is 0 Å². The molecule has 0 aromatic heterocycles. The van der Waals surface area contributed by atoms with Gasteiger partial charge in [-0.25, -0.2) is 0 Å². The lowest BCUT2D eigenvalue weighted by Gasteiger charge is -2.23. The predicted molar refractivity (Wildman–Crippen MR) is 252 cm³/mol. The van der Waals surface area contributed by atoms with Gasteiger partial charge in [0.1, 0.15) is 0 Å². The van der Waals surface area contributed by atoms with E-state index in [2.05, 4.69) is 159 Å².